The van der Waals surface area contributed by atoms with E-state index in [-0.39, 0.29) is 17.5 Å². The van der Waals surface area contributed by atoms with E-state index in [0.29, 0.717) is 29.5 Å². The van der Waals surface area contributed by atoms with Gasteiger partial charge in [0.05, 0.1) is 13.2 Å². The number of halogens is 1. The van der Waals surface area contributed by atoms with Gasteiger partial charge in [-0.1, -0.05) is 11.6 Å². The predicted molar refractivity (Wildman–Crippen MR) is 93.3 cm³/mol. The van der Waals surface area contributed by atoms with Gasteiger partial charge in [0.15, 0.2) is 5.43 Å². The van der Waals surface area contributed by atoms with Gasteiger partial charge in [0.1, 0.15) is 0 Å². The fraction of sp³-hybridized carbons (Fsp3) is 0.500. The lowest BCUT2D eigenvalue weighted by atomic mass is 9.75. The van der Waals surface area contributed by atoms with E-state index in [9.17, 15) is 9.90 Å². The van der Waals surface area contributed by atoms with Gasteiger partial charge in [-0.3, -0.25) is 9.69 Å². The van der Waals surface area contributed by atoms with Crippen molar-refractivity contribution in [2.24, 2.45) is 11.3 Å². The molecule has 3 heterocycles. The van der Waals surface area contributed by atoms with Gasteiger partial charge in [0, 0.05) is 65.3 Å². The number of aliphatic hydroxyl groups excluding tert-OH is 1. The lowest BCUT2D eigenvalue weighted by Crippen LogP contribution is -2.41. The highest BCUT2D eigenvalue weighted by atomic mass is 35.5. The number of H-pyrrole nitrogens is 1. The number of rotatable bonds is 3. The molecule has 1 aromatic carbocycles. The van der Waals surface area contributed by atoms with Crippen LogP contribution in [0.1, 0.15) is 12.1 Å². The van der Waals surface area contributed by atoms with E-state index >= 15 is 0 Å². The average Bonchev–Trinajstić information content (AvgIpc) is 2.94. The summed E-state index contributed by atoms with van der Waals surface area (Å²) in [7, 11) is 0. The van der Waals surface area contributed by atoms with Gasteiger partial charge in [-0.05, 0) is 24.6 Å². The van der Waals surface area contributed by atoms with Crippen molar-refractivity contribution in [1.82, 2.24) is 9.88 Å². The number of ether oxygens (including phenoxy) is 1. The SMILES string of the molecule is O=c1cc(CN2C[C@@H]3COCC[C@]3(CO)C2)[nH]c2ccc(Cl)cc12. The van der Waals surface area contributed by atoms with Crippen molar-refractivity contribution in [2.75, 3.05) is 32.9 Å². The van der Waals surface area contributed by atoms with E-state index in [1.165, 1.54) is 0 Å². The van der Waals surface area contributed by atoms with Crippen LogP contribution in [0.25, 0.3) is 10.9 Å². The van der Waals surface area contributed by atoms with Crippen LogP contribution in [0.5, 0.6) is 0 Å². The van der Waals surface area contributed by atoms with Crippen molar-refractivity contribution >= 4 is 22.5 Å². The number of fused-ring (bicyclic) bond motifs is 2. The van der Waals surface area contributed by atoms with E-state index < -0.39 is 0 Å². The molecule has 2 fully saturated rings. The van der Waals surface area contributed by atoms with Gasteiger partial charge in [-0.25, -0.2) is 0 Å². The maximum absolute atomic E-state index is 12.3. The molecule has 24 heavy (non-hydrogen) atoms. The number of nitrogens with one attached hydrogen (secondary N) is 1. The average molecular weight is 349 g/mol. The van der Waals surface area contributed by atoms with E-state index in [2.05, 4.69) is 9.88 Å². The number of hydrogen-bond donors (Lipinski definition) is 2. The van der Waals surface area contributed by atoms with Crippen LogP contribution in [0, 0.1) is 11.3 Å². The van der Waals surface area contributed by atoms with Gasteiger partial charge in [-0.15, -0.1) is 0 Å². The van der Waals surface area contributed by atoms with Gasteiger partial charge in [-0.2, -0.15) is 0 Å². The third-order valence-corrected chi connectivity index (χ3v) is 5.74. The van der Waals surface area contributed by atoms with Crippen LogP contribution in [-0.2, 0) is 11.3 Å². The van der Waals surface area contributed by atoms with Gasteiger partial charge in [0.25, 0.3) is 0 Å². The molecule has 2 atom stereocenters. The second kappa shape index (κ2) is 6.15. The zero-order valence-electron chi connectivity index (χ0n) is 13.4. The molecule has 2 aromatic rings. The summed E-state index contributed by atoms with van der Waals surface area (Å²) in [5.41, 5.74) is 1.63. The third kappa shape index (κ3) is 2.75. The molecule has 2 saturated heterocycles. The Labute approximate surface area is 145 Å². The van der Waals surface area contributed by atoms with Gasteiger partial charge >= 0.3 is 0 Å². The molecule has 2 aliphatic rings. The Bertz CT molecular complexity index is 822. The first kappa shape index (κ1) is 16.1. The summed E-state index contributed by atoms with van der Waals surface area (Å²) < 4.78 is 5.59. The lowest BCUT2D eigenvalue weighted by molar-refractivity contribution is -0.0417. The first-order chi connectivity index (χ1) is 11.6. The number of nitrogens with zero attached hydrogens (tertiary/aromatic N) is 1. The van der Waals surface area contributed by atoms with Crippen LogP contribution in [0.4, 0.5) is 0 Å². The summed E-state index contributed by atoms with van der Waals surface area (Å²) in [6, 6.07) is 6.98. The minimum atomic E-state index is -0.0527. The highest BCUT2D eigenvalue weighted by Crippen LogP contribution is 2.42. The molecule has 6 heteroatoms. The zero-order valence-corrected chi connectivity index (χ0v) is 14.2. The Morgan fingerprint density at radius 2 is 2.29 bits per heavy atom. The molecular formula is C18H21ClN2O3. The van der Waals surface area contributed by atoms with Crippen LogP contribution >= 0.6 is 11.6 Å². The first-order valence-electron chi connectivity index (χ1n) is 8.32. The molecule has 0 spiro atoms. The Hall–Kier alpha value is -1.40. The monoisotopic (exact) mass is 348 g/mol. The second-order valence-corrected chi connectivity index (χ2v) is 7.50. The maximum Gasteiger partial charge on any atom is 0.189 e. The number of hydrogen-bond acceptors (Lipinski definition) is 4. The predicted octanol–water partition coefficient (Wildman–Crippen LogP) is 2.01. The fourth-order valence-corrected chi connectivity index (χ4v) is 4.31. The van der Waals surface area contributed by atoms with E-state index in [0.717, 1.165) is 37.3 Å². The summed E-state index contributed by atoms with van der Waals surface area (Å²) >= 11 is 5.97. The number of benzene rings is 1. The quantitative estimate of drug-likeness (QED) is 0.890. The van der Waals surface area contributed by atoms with E-state index in [1.54, 1.807) is 18.2 Å². The molecule has 0 amide bonds. The number of likely N-dealkylation sites (tertiary alicyclic amines) is 1. The Morgan fingerprint density at radius 1 is 1.42 bits per heavy atom. The van der Waals surface area contributed by atoms with Crippen molar-refractivity contribution in [1.29, 1.82) is 0 Å². The van der Waals surface area contributed by atoms with Crippen molar-refractivity contribution in [3.63, 3.8) is 0 Å². The molecule has 1 aromatic heterocycles. The Morgan fingerprint density at radius 3 is 3.08 bits per heavy atom. The van der Waals surface area contributed by atoms with Crippen LogP contribution in [-0.4, -0.2) is 47.9 Å². The van der Waals surface area contributed by atoms with Crippen LogP contribution < -0.4 is 5.43 Å². The number of aromatic amines is 1. The molecule has 0 bridgehead atoms. The summed E-state index contributed by atoms with van der Waals surface area (Å²) in [6.45, 7) is 4.04. The number of aromatic nitrogens is 1. The highest BCUT2D eigenvalue weighted by molar-refractivity contribution is 6.31. The lowest BCUT2D eigenvalue weighted by Gasteiger charge is -2.36. The summed E-state index contributed by atoms with van der Waals surface area (Å²) in [5, 5.41) is 11.1. The largest absolute Gasteiger partial charge is 0.396 e. The topological polar surface area (TPSA) is 65.6 Å². The Balaban J connectivity index is 1.59. The van der Waals surface area contributed by atoms with Crippen molar-refractivity contribution < 1.29 is 9.84 Å². The Kier molecular flexibility index (Phi) is 4.12. The first-order valence-corrected chi connectivity index (χ1v) is 8.70. The molecular weight excluding hydrogens is 328 g/mol. The maximum atomic E-state index is 12.3. The van der Waals surface area contributed by atoms with Crippen LogP contribution in [0.2, 0.25) is 5.02 Å². The highest BCUT2D eigenvalue weighted by Gasteiger charge is 2.47. The molecule has 128 valence electrons. The summed E-state index contributed by atoms with van der Waals surface area (Å²) in [4.78, 5) is 18.0. The van der Waals surface area contributed by atoms with Gasteiger partial charge in [0.2, 0.25) is 0 Å². The molecule has 0 aliphatic carbocycles. The summed E-state index contributed by atoms with van der Waals surface area (Å²) in [5.74, 6) is 0.363. The molecule has 0 radical (unpaired) electrons. The van der Waals surface area contributed by atoms with Crippen molar-refractivity contribution in [3.8, 4) is 0 Å². The van der Waals surface area contributed by atoms with Crippen LogP contribution in [0.15, 0.2) is 29.1 Å². The van der Waals surface area contributed by atoms with Gasteiger partial charge < -0.3 is 14.8 Å². The molecule has 0 saturated carbocycles. The van der Waals surface area contributed by atoms with Crippen molar-refractivity contribution in [2.45, 2.75) is 13.0 Å². The number of pyridine rings is 1. The molecule has 4 rings (SSSR count). The standard InChI is InChI=1S/C18H21ClN2O3/c19-13-1-2-16-15(5-13)17(23)6-14(20-16)8-21-7-12-9-24-4-3-18(12,10-21)11-22/h1-2,5-6,12,22H,3-4,7-11H2,(H,20,23)/t12-,18-/m1/s1. The molecule has 2 N–H and O–H groups in total. The molecule has 0 unspecified atom stereocenters. The normalized spacial score (nSPS) is 27.5. The summed E-state index contributed by atoms with van der Waals surface area (Å²) in [6.07, 6.45) is 0.900. The number of aliphatic hydroxyl groups is 1. The van der Waals surface area contributed by atoms with E-state index in [4.69, 9.17) is 16.3 Å². The van der Waals surface area contributed by atoms with Crippen molar-refractivity contribution in [3.05, 3.63) is 45.2 Å². The third-order valence-electron chi connectivity index (χ3n) is 5.50. The van der Waals surface area contributed by atoms with Crippen LogP contribution in [0.3, 0.4) is 0 Å². The minimum Gasteiger partial charge on any atom is -0.396 e. The van der Waals surface area contributed by atoms with E-state index in [1.807, 2.05) is 6.07 Å². The zero-order chi connectivity index (χ0) is 16.7. The fourth-order valence-electron chi connectivity index (χ4n) is 4.14. The smallest absolute Gasteiger partial charge is 0.189 e. The molecule has 5 nitrogen and oxygen atoms in total. The molecule has 2 aliphatic heterocycles. The second-order valence-electron chi connectivity index (χ2n) is 7.06. The minimum absolute atomic E-state index is 0.0157.